The van der Waals surface area contributed by atoms with E-state index in [1.165, 1.54) is 166 Å². The van der Waals surface area contributed by atoms with E-state index in [2.05, 4.69) is 449 Å². The maximum atomic E-state index is 4.81. The molecule has 0 N–H and O–H groups in total. The summed E-state index contributed by atoms with van der Waals surface area (Å²) >= 11 is 0. The normalized spacial score (nSPS) is 11.9. The zero-order chi connectivity index (χ0) is 84.5. The Morgan fingerprint density at radius 2 is 0.661 bits per heavy atom. The Balaban J connectivity index is 0.000000107. The van der Waals surface area contributed by atoms with Crippen molar-refractivity contribution in [2.75, 3.05) is 0 Å². The first kappa shape index (κ1) is 74.2. The molecular formula is C116H83N11. The third-order valence-corrected chi connectivity index (χ3v) is 26.1. The lowest BCUT2D eigenvalue weighted by atomic mass is 10.1. The number of benzene rings is 17. The Morgan fingerprint density at radius 1 is 0.268 bits per heavy atom. The Bertz CT molecular complexity index is 8870. The molecule has 0 unspecified atom stereocenters. The molecule has 11 nitrogen and oxygen atoms in total. The second-order valence-electron chi connectivity index (χ2n) is 33.0. The van der Waals surface area contributed by atoms with Crippen LogP contribution in [0.5, 0.6) is 0 Å². The summed E-state index contributed by atoms with van der Waals surface area (Å²) in [6.07, 6.45) is 10.6. The van der Waals surface area contributed by atoms with Gasteiger partial charge in [-0.05, 0) is 175 Å². The molecule has 602 valence electrons. The van der Waals surface area contributed by atoms with Crippen molar-refractivity contribution in [3.63, 3.8) is 0 Å². The molecule has 0 atom stereocenters. The highest BCUT2D eigenvalue weighted by molar-refractivity contribution is 6.30. The van der Waals surface area contributed by atoms with E-state index >= 15 is 0 Å². The summed E-state index contributed by atoms with van der Waals surface area (Å²) in [5, 5.41) is 19.9. The van der Waals surface area contributed by atoms with Crippen molar-refractivity contribution in [2.24, 2.45) is 0 Å². The largest absolute Gasteiger partial charge is 0.336 e. The van der Waals surface area contributed by atoms with Gasteiger partial charge in [0, 0.05) is 133 Å². The number of fused-ring (bicyclic) bond motifs is 27. The van der Waals surface area contributed by atoms with Crippen LogP contribution in [0.25, 0.3) is 227 Å². The molecule has 127 heavy (non-hydrogen) atoms. The van der Waals surface area contributed by atoms with E-state index in [-0.39, 0.29) is 0 Å². The van der Waals surface area contributed by atoms with Gasteiger partial charge in [-0.1, -0.05) is 276 Å². The van der Waals surface area contributed by atoms with Crippen molar-refractivity contribution in [3.05, 3.63) is 425 Å². The molecule has 0 bridgehead atoms. The van der Waals surface area contributed by atoms with Crippen LogP contribution < -0.4 is 0 Å². The van der Waals surface area contributed by atoms with Gasteiger partial charge in [0.2, 0.25) is 5.95 Å². The number of aryl methyl sites for hydroxylation is 1. The summed E-state index contributed by atoms with van der Waals surface area (Å²) in [6, 6.07) is 136. The van der Waals surface area contributed by atoms with Crippen molar-refractivity contribution in [1.82, 2.24) is 51.5 Å². The molecule has 9 heterocycles. The minimum atomic E-state index is 0.535. The van der Waals surface area contributed by atoms with E-state index in [0.717, 1.165) is 79.5 Å². The smallest absolute Gasteiger partial charge is 0.238 e. The standard InChI is InChI=1S/C41H26N6.C38H25N3.C37H32N2/c1-2-38-42-25-43-41(44-38)47-36-19-11-8-16-30(36)31-21-22-32-33-24-27(45-34-17-9-6-14-28(34)29-15-7-10-18-35(29)45)20-23-37(33)46(39(32)40(31)47)26-12-4-3-5-13-26;1-2-39-32-15-7-3-13-29(32)30-23-24-36-37(38(30)39)31-14-6-10-18-35(31)41(36)26-21-19-25(20-22-26)40-33-16-8-4-11-27(33)28-12-5-9-17-34(28)40;1-3-5-11-27-12-10-13-29(24-27)39-33-17-9-7-15-31(33)37-35(39)23-22-34-36(37)30-14-6-8-16-32(30)38(34)25-28-20-18-26(4-2)19-21-28/h2-25H,1H2;2-24H,1H2;4,6-10,12-24H,2-3,5,11,25H2,1H3. The van der Waals surface area contributed by atoms with Gasteiger partial charge >= 0.3 is 0 Å². The van der Waals surface area contributed by atoms with Crippen LogP contribution in [0, 0.1) is 0 Å². The average Bonchev–Trinajstić information content (AvgIpc) is 1.55. The second-order valence-corrected chi connectivity index (χ2v) is 33.0. The van der Waals surface area contributed by atoms with Gasteiger partial charge in [0.15, 0.2) is 5.82 Å². The maximum Gasteiger partial charge on any atom is 0.238 e. The quantitative estimate of drug-likeness (QED) is 0.109. The molecule has 0 saturated heterocycles. The third-order valence-electron chi connectivity index (χ3n) is 26.1. The zero-order valence-corrected chi connectivity index (χ0v) is 70.0. The molecule has 0 amide bonds. The predicted octanol–water partition coefficient (Wildman–Crippen LogP) is 29.8. The Hall–Kier alpha value is -16.6. The van der Waals surface area contributed by atoms with Crippen molar-refractivity contribution in [3.8, 4) is 34.4 Å². The molecular weight excluding hydrogens is 1550 g/mol. The Kier molecular flexibility index (Phi) is 17.6. The van der Waals surface area contributed by atoms with E-state index in [0.29, 0.717) is 11.8 Å². The lowest BCUT2D eigenvalue weighted by Crippen LogP contribution is -2.04. The van der Waals surface area contributed by atoms with Crippen LogP contribution in [0.4, 0.5) is 0 Å². The van der Waals surface area contributed by atoms with Crippen molar-refractivity contribution >= 4 is 193 Å². The minimum absolute atomic E-state index is 0.535. The summed E-state index contributed by atoms with van der Waals surface area (Å²) in [6.45, 7) is 15.1. The van der Waals surface area contributed by atoms with E-state index in [4.69, 9.17) is 4.98 Å². The van der Waals surface area contributed by atoms with Crippen LogP contribution in [0.3, 0.4) is 0 Å². The number of unbranched alkanes of at least 4 members (excludes halogenated alkanes) is 1. The molecule has 0 saturated carbocycles. The SMILES string of the molecule is C=Cc1ccc(Cn2c3ccccc3c3c4c5ccccc5n(-c5cccc(CCCC)c5)c4ccc32)cc1.C=Cc1ncnc(-n2c3ccccc3c3ccc4c5cc(-n6c7ccccc7c7ccccc76)ccc5n(-c5ccccc5)c4c32)n1.C=Cn1c2ccccc2c2ccc3c(c4ccccc4n3-c3ccc(-n4c5ccccc5c5ccccc54)cc3)c21. The fourth-order valence-electron chi connectivity index (χ4n) is 20.6. The first-order chi connectivity index (χ1) is 62.9. The fourth-order valence-corrected chi connectivity index (χ4v) is 20.6. The van der Waals surface area contributed by atoms with Crippen LogP contribution in [0.1, 0.15) is 42.3 Å². The molecule has 9 aromatic heterocycles. The van der Waals surface area contributed by atoms with Crippen molar-refractivity contribution in [1.29, 1.82) is 0 Å². The monoisotopic (exact) mass is 1630 g/mol. The van der Waals surface area contributed by atoms with E-state index in [1.807, 2.05) is 12.3 Å². The topological polar surface area (TPSA) is 78.1 Å². The molecule has 0 aliphatic heterocycles. The third kappa shape index (κ3) is 11.7. The molecule has 0 aliphatic carbocycles. The van der Waals surface area contributed by atoms with Gasteiger partial charge in [-0.3, -0.25) is 4.57 Å². The van der Waals surface area contributed by atoms with E-state index in [9.17, 15) is 0 Å². The summed E-state index contributed by atoms with van der Waals surface area (Å²) in [5.74, 6) is 1.09. The lowest BCUT2D eigenvalue weighted by Gasteiger charge is -2.12. The zero-order valence-electron chi connectivity index (χ0n) is 70.0. The van der Waals surface area contributed by atoms with Crippen molar-refractivity contribution < 1.29 is 0 Å². The van der Waals surface area contributed by atoms with Gasteiger partial charge in [-0.25, -0.2) is 9.97 Å². The Morgan fingerprint density at radius 3 is 1.24 bits per heavy atom. The molecule has 26 aromatic rings. The average molecular weight is 1630 g/mol. The van der Waals surface area contributed by atoms with Gasteiger partial charge in [0.25, 0.3) is 0 Å². The van der Waals surface area contributed by atoms with E-state index in [1.54, 1.807) is 12.4 Å². The molecule has 26 rings (SSSR count). The van der Waals surface area contributed by atoms with Gasteiger partial charge in [-0.15, -0.1) is 0 Å². The molecule has 11 heteroatoms. The molecule has 17 aromatic carbocycles. The number of rotatable bonds is 14. The summed E-state index contributed by atoms with van der Waals surface area (Å²) in [7, 11) is 0. The van der Waals surface area contributed by atoms with Crippen LogP contribution in [0.2, 0.25) is 0 Å². The van der Waals surface area contributed by atoms with Gasteiger partial charge in [-0.2, -0.15) is 4.98 Å². The number of hydrogen-bond donors (Lipinski definition) is 0. The highest BCUT2D eigenvalue weighted by atomic mass is 15.2. The van der Waals surface area contributed by atoms with Gasteiger partial charge < -0.3 is 32.0 Å². The Labute approximate surface area is 731 Å². The molecule has 0 fully saturated rings. The van der Waals surface area contributed by atoms with Crippen molar-refractivity contribution in [2.45, 2.75) is 32.7 Å². The van der Waals surface area contributed by atoms with Crippen LogP contribution >= 0.6 is 0 Å². The van der Waals surface area contributed by atoms with Crippen LogP contribution in [-0.4, -0.2) is 51.5 Å². The van der Waals surface area contributed by atoms with Crippen LogP contribution in [0.15, 0.2) is 402 Å². The highest BCUT2D eigenvalue weighted by Gasteiger charge is 2.27. The van der Waals surface area contributed by atoms with Gasteiger partial charge in [0.05, 0.1) is 82.8 Å². The maximum absolute atomic E-state index is 4.81. The number of aromatic nitrogens is 11. The van der Waals surface area contributed by atoms with E-state index < -0.39 is 0 Å². The highest BCUT2D eigenvalue weighted by Crippen LogP contribution is 2.47. The fraction of sp³-hybridized carbons (Fsp3) is 0.0431. The summed E-state index contributed by atoms with van der Waals surface area (Å²) < 4.78 is 18.9. The van der Waals surface area contributed by atoms with Crippen LogP contribution in [-0.2, 0) is 13.0 Å². The number of nitrogens with zero attached hydrogens (tertiary/aromatic N) is 11. The molecule has 0 spiro atoms. The number of para-hydroxylation sites is 10. The summed E-state index contributed by atoms with van der Waals surface area (Å²) in [4.78, 5) is 13.8. The summed E-state index contributed by atoms with van der Waals surface area (Å²) in [5.41, 5.74) is 28.5. The number of hydrogen-bond acceptors (Lipinski definition) is 3. The predicted molar refractivity (Wildman–Crippen MR) is 535 cm³/mol. The first-order valence-electron chi connectivity index (χ1n) is 43.7. The second kappa shape index (κ2) is 30.2. The lowest BCUT2D eigenvalue weighted by molar-refractivity contribution is 0.794. The molecule has 0 radical (unpaired) electrons. The minimum Gasteiger partial charge on any atom is -0.336 e. The first-order valence-corrected chi connectivity index (χ1v) is 43.7. The molecule has 0 aliphatic rings. The van der Waals surface area contributed by atoms with Gasteiger partial charge in [0.1, 0.15) is 6.33 Å².